The van der Waals surface area contributed by atoms with Gasteiger partial charge in [0.05, 0.1) is 0 Å². The monoisotopic (exact) mass is 221 g/mol. The molecule has 0 fully saturated rings. The second kappa shape index (κ2) is 5.54. The minimum atomic E-state index is -0.0871. The first-order chi connectivity index (χ1) is 7.50. The van der Waals surface area contributed by atoms with Gasteiger partial charge in [-0.25, -0.2) is 0 Å². The van der Waals surface area contributed by atoms with Gasteiger partial charge in [-0.1, -0.05) is 12.1 Å². The third-order valence-electron chi connectivity index (χ3n) is 2.36. The van der Waals surface area contributed by atoms with Crippen LogP contribution in [0.1, 0.15) is 25.0 Å². The number of rotatable bonds is 4. The second-order valence-corrected chi connectivity index (χ2v) is 4.21. The predicted octanol–water partition coefficient (Wildman–Crippen LogP) is 2.21. The highest BCUT2D eigenvalue weighted by atomic mass is 16.5. The lowest BCUT2D eigenvalue weighted by molar-refractivity contribution is -0.123. The fourth-order valence-electron chi connectivity index (χ4n) is 1.39. The Morgan fingerprint density at radius 2 is 2.06 bits per heavy atom. The average molecular weight is 221 g/mol. The molecule has 0 aromatic heterocycles. The molecular weight excluding hydrogens is 202 g/mol. The van der Waals surface area contributed by atoms with Crippen molar-refractivity contribution >= 4 is 5.91 Å². The molecule has 16 heavy (non-hydrogen) atoms. The van der Waals surface area contributed by atoms with Crippen LogP contribution in [0.15, 0.2) is 18.2 Å². The fourth-order valence-corrected chi connectivity index (χ4v) is 1.39. The van der Waals surface area contributed by atoms with Gasteiger partial charge in [-0.3, -0.25) is 4.79 Å². The zero-order valence-corrected chi connectivity index (χ0v) is 10.3. The Labute approximate surface area is 96.8 Å². The normalized spacial score (nSPS) is 10.3. The molecule has 0 aliphatic heterocycles. The SMILES string of the molecule is Cc1cccc(OCC(=O)NC(C)C)c1C. The maximum absolute atomic E-state index is 11.4. The van der Waals surface area contributed by atoms with Crippen LogP contribution in [0.3, 0.4) is 0 Å². The zero-order chi connectivity index (χ0) is 12.1. The molecule has 0 spiro atoms. The first kappa shape index (κ1) is 12.6. The van der Waals surface area contributed by atoms with Gasteiger partial charge in [-0.15, -0.1) is 0 Å². The third kappa shape index (κ3) is 3.57. The first-order valence-corrected chi connectivity index (χ1v) is 5.49. The van der Waals surface area contributed by atoms with E-state index in [-0.39, 0.29) is 18.6 Å². The van der Waals surface area contributed by atoms with Crippen molar-refractivity contribution in [1.82, 2.24) is 5.32 Å². The van der Waals surface area contributed by atoms with E-state index in [1.54, 1.807) is 0 Å². The number of carbonyl (C=O) groups is 1. The molecule has 0 aliphatic rings. The number of nitrogens with one attached hydrogen (secondary N) is 1. The summed E-state index contributed by atoms with van der Waals surface area (Å²) in [5, 5.41) is 2.78. The van der Waals surface area contributed by atoms with Crippen molar-refractivity contribution in [2.24, 2.45) is 0 Å². The third-order valence-corrected chi connectivity index (χ3v) is 2.36. The molecule has 0 saturated carbocycles. The lowest BCUT2D eigenvalue weighted by atomic mass is 10.1. The van der Waals surface area contributed by atoms with Crippen LogP contribution in [-0.2, 0) is 4.79 Å². The van der Waals surface area contributed by atoms with E-state index in [1.807, 2.05) is 45.9 Å². The van der Waals surface area contributed by atoms with E-state index in [0.717, 1.165) is 11.3 Å². The molecule has 0 bridgehead atoms. The fraction of sp³-hybridized carbons (Fsp3) is 0.462. The van der Waals surface area contributed by atoms with Crippen LogP contribution >= 0.6 is 0 Å². The van der Waals surface area contributed by atoms with E-state index in [9.17, 15) is 4.79 Å². The van der Waals surface area contributed by atoms with Gasteiger partial charge in [0.15, 0.2) is 6.61 Å². The van der Waals surface area contributed by atoms with Gasteiger partial charge in [0.2, 0.25) is 0 Å². The molecule has 1 aromatic carbocycles. The summed E-state index contributed by atoms with van der Waals surface area (Å²) >= 11 is 0. The van der Waals surface area contributed by atoms with E-state index in [4.69, 9.17) is 4.74 Å². The van der Waals surface area contributed by atoms with E-state index >= 15 is 0 Å². The first-order valence-electron chi connectivity index (χ1n) is 5.49. The van der Waals surface area contributed by atoms with Crippen LogP contribution < -0.4 is 10.1 Å². The molecule has 0 atom stereocenters. The Balaban J connectivity index is 2.55. The molecule has 3 heteroatoms. The quantitative estimate of drug-likeness (QED) is 0.846. The summed E-state index contributed by atoms with van der Waals surface area (Å²) in [6, 6.07) is 5.98. The molecule has 0 radical (unpaired) electrons. The standard InChI is InChI=1S/C13H19NO2/c1-9(2)14-13(15)8-16-12-7-5-6-10(3)11(12)4/h5-7,9H,8H2,1-4H3,(H,14,15). The molecule has 88 valence electrons. The number of amides is 1. The van der Waals surface area contributed by atoms with Crippen molar-refractivity contribution in [1.29, 1.82) is 0 Å². The van der Waals surface area contributed by atoms with E-state index < -0.39 is 0 Å². The van der Waals surface area contributed by atoms with E-state index in [0.29, 0.717) is 0 Å². The molecule has 0 heterocycles. The maximum atomic E-state index is 11.4. The molecule has 1 N–H and O–H groups in total. The Bertz CT molecular complexity index is 372. The molecule has 0 aliphatic carbocycles. The van der Waals surface area contributed by atoms with Crippen LogP contribution in [-0.4, -0.2) is 18.6 Å². The van der Waals surface area contributed by atoms with Crippen molar-refractivity contribution in [3.63, 3.8) is 0 Å². The van der Waals surface area contributed by atoms with Crippen LogP contribution in [0.5, 0.6) is 5.75 Å². The number of carbonyl (C=O) groups excluding carboxylic acids is 1. The Hall–Kier alpha value is -1.51. The van der Waals surface area contributed by atoms with Gasteiger partial charge in [0, 0.05) is 6.04 Å². The van der Waals surface area contributed by atoms with Crippen molar-refractivity contribution in [2.45, 2.75) is 33.7 Å². The Morgan fingerprint density at radius 3 is 2.69 bits per heavy atom. The van der Waals surface area contributed by atoms with Crippen molar-refractivity contribution < 1.29 is 9.53 Å². The highest BCUT2D eigenvalue weighted by Crippen LogP contribution is 2.20. The van der Waals surface area contributed by atoms with Crippen LogP contribution in [0.2, 0.25) is 0 Å². The number of ether oxygens (including phenoxy) is 1. The highest BCUT2D eigenvalue weighted by molar-refractivity contribution is 5.77. The number of benzene rings is 1. The van der Waals surface area contributed by atoms with Gasteiger partial charge in [-0.2, -0.15) is 0 Å². The van der Waals surface area contributed by atoms with Crippen LogP contribution in [0.4, 0.5) is 0 Å². The predicted molar refractivity (Wildman–Crippen MR) is 64.7 cm³/mol. The van der Waals surface area contributed by atoms with E-state index in [1.165, 1.54) is 5.56 Å². The topological polar surface area (TPSA) is 38.3 Å². The summed E-state index contributed by atoms with van der Waals surface area (Å²) < 4.78 is 5.47. The molecule has 0 saturated heterocycles. The maximum Gasteiger partial charge on any atom is 0.258 e. The van der Waals surface area contributed by atoms with Crippen molar-refractivity contribution in [3.8, 4) is 5.75 Å². The Morgan fingerprint density at radius 1 is 1.38 bits per heavy atom. The molecule has 3 nitrogen and oxygen atoms in total. The van der Waals surface area contributed by atoms with Gasteiger partial charge in [0.25, 0.3) is 5.91 Å². The smallest absolute Gasteiger partial charge is 0.258 e. The summed E-state index contributed by atoms with van der Waals surface area (Å²) in [6.45, 7) is 7.94. The minimum absolute atomic E-state index is 0.0719. The summed E-state index contributed by atoms with van der Waals surface area (Å²) in [6.07, 6.45) is 0. The van der Waals surface area contributed by atoms with Crippen molar-refractivity contribution in [2.75, 3.05) is 6.61 Å². The number of aryl methyl sites for hydroxylation is 1. The summed E-state index contributed by atoms with van der Waals surface area (Å²) in [5.74, 6) is 0.690. The van der Waals surface area contributed by atoms with Crippen LogP contribution in [0, 0.1) is 13.8 Å². The summed E-state index contributed by atoms with van der Waals surface area (Å²) in [4.78, 5) is 11.4. The Kier molecular flexibility index (Phi) is 4.35. The van der Waals surface area contributed by atoms with Gasteiger partial charge < -0.3 is 10.1 Å². The summed E-state index contributed by atoms with van der Waals surface area (Å²) in [5.41, 5.74) is 2.25. The van der Waals surface area contributed by atoms with Crippen LogP contribution in [0.25, 0.3) is 0 Å². The lowest BCUT2D eigenvalue weighted by Gasteiger charge is -2.12. The van der Waals surface area contributed by atoms with E-state index in [2.05, 4.69) is 5.32 Å². The number of hydrogen-bond donors (Lipinski definition) is 1. The number of hydrogen-bond acceptors (Lipinski definition) is 2. The van der Waals surface area contributed by atoms with Gasteiger partial charge >= 0.3 is 0 Å². The molecular formula is C13H19NO2. The molecule has 0 unspecified atom stereocenters. The van der Waals surface area contributed by atoms with Gasteiger partial charge in [-0.05, 0) is 44.9 Å². The largest absolute Gasteiger partial charge is 0.483 e. The summed E-state index contributed by atoms with van der Waals surface area (Å²) in [7, 11) is 0. The average Bonchev–Trinajstić information content (AvgIpc) is 2.19. The van der Waals surface area contributed by atoms with Crippen molar-refractivity contribution in [3.05, 3.63) is 29.3 Å². The van der Waals surface area contributed by atoms with Gasteiger partial charge in [0.1, 0.15) is 5.75 Å². The molecule has 1 rings (SSSR count). The second-order valence-electron chi connectivity index (χ2n) is 4.21. The highest BCUT2D eigenvalue weighted by Gasteiger charge is 2.06. The zero-order valence-electron chi connectivity index (χ0n) is 10.3. The molecule has 1 aromatic rings. The molecule has 1 amide bonds. The minimum Gasteiger partial charge on any atom is -0.483 e. The lowest BCUT2D eigenvalue weighted by Crippen LogP contribution is -2.34.